The molecule has 0 spiro atoms. The number of halogens is 4. The first-order valence-corrected chi connectivity index (χ1v) is 9.84. The molecule has 0 unspecified atom stereocenters. The summed E-state index contributed by atoms with van der Waals surface area (Å²) in [5.74, 6) is 0.588. The Labute approximate surface area is 174 Å². The Morgan fingerprint density at radius 1 is 1.15 bits per heavy atom. The summed E-state index contributed by atoms with van der Waals surface area (Å²) in [4.78, 5) is 4.00. The predicted octanol–water partition coefficient (Wildman–Crippen LogP) is 2.48. The SMILES string of the molecule is CCS(=O)(=O)CCNC(=NC)NCc1ccc(COCC(F)(F)F)cc1.I. The van der Waals surface area contributed by atoms with Crippen molar-refractivity contribution in [1.29, 1.82) is 0 Å². The van der Waals surface area contributed by atoms with Gasteiger partial charge in [0.05, 0.1) is 12.4 Å². The molecule has 6 nitrogen and oxygen atoms in total. The lowest BCUT2D eigenvalue weighted by molar-refractivity contribution is -0.176. The van der Waals surface area contributed by atoms with Crippen LogP contribution in [0.15, 0.2) is 29.3 Å². The number of sulfone groups is 1. The summed E-state index contributed by atoms with van der Waals surface area (Å²) < 4.78 is 63.5. The molecule has 0 aliphatic rings. The zero-order chi connectivity index (χ0) is 19.6. The first kappa shape index (κ1) is 25.9. The molecule has 156 valence electrons. The third kappa shape index (κ3) is 12.1. The van der Waals surface area contributed by atoms with Gasteiger partial charge in [-0.25, -0.2) is 8.42 Å². The zero-order valence-electron chi connectivity index (χ0n) is 15.2. The fourth-order valence-electron chi connectivity index (χ4n) is 1.91. The van der Waals surface area contributed by atoms with Crippen LogP contribution in [0, 0.1) is 0 Å². The van der Waals surface area contributed by atoms with Crippen molar-refractivity contribution in [3.63, 3.8) is 0 Å². The van der Waals surface area contributed by atoms with Gasteiger partial charge in [0.2, 0.25) is 0 Å². The minimum Gasteiger partial charge on any atom is -0.367 e. The van der Waals surface area contributed by atoms with Crippen LogP contribution in [0.1, 0.15) is 18.1 Å². The van der Waals surface area contributed by atoms with Crippen LogP contribution < -0.4 is 10.6 Å². The maximum absolute atomic E-state index is 12.0. The highest BCUT2D eigenvalue weighted by Gasteiger charge is 2.27. The molecule has 0 amide bonds. The van der Waals surface area contributed by atoms with Crippen LogP contribution in [-0.4, -0.2) is 52.3 Å². The lowest BCUT2D eigenvalue weighted by Crippen LogP contribution is -2.39. The number of ether oxygens (including phenoxy) is 1. The largest absolute Gasteiger partial charge is 0.411 e. The van der Waals surface area contributed by atoms with E-state index < -0.39 is 22.6 Å². The van der Waals surface area contributed by atoms with Gasteiger partial charge < -0.3 is 15.4 Å². The zero-order valence-corrected chi connectivity index (χ0v) is 18.3. The minimum absolute atomic E-state index is 0. The first-order valence-electron chi connectivity index (χ1n) is 8.02. The molecular weight excluding hydrogens is 498 g/mol. The predicted molar refractivity (Wildman–Crippen MR) is 110 cm³/mol. The number of aliphatic imine (C=N–C) groups is 1. The molecule has 27 heavy (non-hydrogen) atoms. The molecule has 0 saturated carbocycles. The van der Waals surface area contributed by atoms with Crippen molar-refractivity contribution in [2.45, 2.75) is 26.3 Å². The van der Waals surface area contributed by atoms with Crippen molar-refractivity contribution in [1.82, 2.24) is 10.6 Å². The number of nitrogens with one attached hydrogen (secondary N) is 2. The van der Waals surface area contributed by atoms with Gasteiger partial charge in [0.1, 0.15) is 6.61 Å². The second-order valence-corrected chi connectivity index (χ2v) is 7.99. The fourth-order valence-corrected chi connectivity index (χ4v) is 2.62. The van der Waals surface area contributed by atoms with E-state index in [0.29, 0.717) is 18.1 Å². The number of rotatable bonds is 9. The summed E-state index contributed by atoms with van der Waals surface area (Å²) in [5, 5.41) is 5.95. The molecule has 11 heteroatoms. The van der Waals surface area contributed by atoms with E-state index in [4.69, 9.17) is 0 Å². The second-order valence-electron chi connectivity index (χ2n) is 5.51. The maximum atomic E-state index is 12.0. The van der Waals surface area contributed by atoms with Crippen LogP contribution in [0.25, 0.3) is 0 Å². The van der Waals surface area contributed by atoms with Crippen LogP contribution in [0.5, 0.6) is 0 Å². The van der Waals surface area contributed by atoms with Crippen molar-refractivity contribution in [3.05, 3.63) is 35.4 Å². The number of nitrogens with zero attached hydrogens (tertiary/aromatic N) is 1. The molecule has 1 rings (SSSR count). The lowest BCUT2D eigenvalue weighted by atomic mass is 10.1. The smallest absolute Gasteiger partial charge is 0.367 e. The normalized spacial score (nSPS) is 12.4. The van der Waals surface area contributed by atoms with Gasteiger partial charge in [-0.05, 0) is 11.1 Å². The van der Waals surface area contributed by atoms with Gasteiger partial charge in [-0.15, -0.1) is 24.0 Å². The third-order valence-electron chi connectivity index (χ3n) is 3.39. The van der Waals surface area contributed by atoms with Gasteiger partial charge in [-0.2, -0.15) is 13.2 Å². The number of guanidine groups is 1. The summed E-state index contributed by atoms with van der Waals surface area (Å²) in [6, 6.07) is 6.93. The van der Waals surface area contributed by atoms with Crippen LogP contribution in [-0.2, 0) is 27.7 Å². The van der Waals surface area contributed by atoms with E-state index >= 15 is 0 Å². The highest BCUT2D eigenvalue weighted by atomic mass is 127. The third-order valence-corrected chi connectivity index (χ3v) is 5.09. The second kappa shape index (κ2) is 12.4. The van der Waals surface area contributed by atoms with E-state index in [9.17, 15) is 21.6 Å². The Morgan fingerprint density at radius 2 is 1.74 bits per heavy atom. The van der Waals surface area contributed by atoms with E-state index in [1.807, 2.05) is 0 Å². The van der Waals surface area contributed by atoms with E-state index in [0.717, 1.165) is 5.56 Å². The van der Waals surface area contributed by atoms with Crippen molar-refractivity contribution < 1.29 is 26.3 Å². The van der Waals surface area contributed by atoms with Crippen molar-refractivity contribution >= 4 is 39.8 Å². The number of hydrogen-bond donors (Lipinski definition) is 2. The van der Waals surface area contributed by atoms with E-state index in [-0.39, 0.29) is 48.6 Å². The van der Waals surface area contributed by atoms with E-state index in [1.165, 1.54) is 0 Å². The topological polar surface area (TPSA) is 79.8 Å². The molecule has 0 aliphatic carbocycles. The molecule has 0 bridgehead atoms. The van der Waals surface area contributed by atoms with Crippen LogP contribution in [0.3, 0.4) is 0 Å². The maximum Gasteiger partial charge on any atom is 0.411 e. The quantitative estimate of drug-likeness (QED) is 0.296. The summed E-state index contributed by atoms with van der Waals surface area (Å²) in [6.07, 6.45) is -4.33. The summed E-state index contributed by atoms with van der Waals surface area (Å²) >= 11 is 0. The summed E-state index contributed by atoms with van der Waals surface area (Å²) in [5.41, 5.74) is 1.54. The molecule has 0 saturated heterocycles. The van der Waals surface area contributed by atoms with Gasteiger partial charge in [0.15, 0.2) is 15.8 Å². The van der Waals surface area contributed by atoms with E-state index in [2.05, 4.69) is 20.4 Å². The highest BCUT2D eigenvalue weighted by molar-refractivity contribution is 14.0. The Morgan fingerprint density at radius 3 is 2.26 bits per heavy atom. The van der Waals surface area contributed by atoms with Gasteiger partial charge in [-0.3, -0.25) is 4.99 Å². The molecule has 0 aromatic heterocycles. The molecule has 0 heterocycles. The Balaban J connectivity index is 0.00000676. The lowest BCUT2D eigenvalue weighted by Gasteiger charge is -2.12. The van der Waals surface area contributed by atoms with Gasteiger partial charge in [0.25, 0.3) is 0 Å². The van der Waals surface area contributed by atoms with Gasteiger partial charge in [0, 0.05) is 25.9 Å². The molecule has 1 aromatic carbocycles. The molecule has 0 aliphatic heterocycles. The van der Waals surface area contributed by atoms with Crippen molar-refractivity contribution in [3.8, 4) is 0 Å². The molecule has 0 atom stereocenters. The fraction of sp³-hybridized carbons (Fsp3) is 0.562. The van der Waals surface area contributed by atoms with Crippen molar-refractivity contribution in [2.24, 2.45) is 4.99 Å². The molecule has 0 fully saturated rings. The Hall–Kier alpha value is -1.08. The molecule has 0 radical (unpaired) electrons. The molecule has 1 aromatic rings. The first-order chi connectivity index (χ1) is 12.1. The monoisotopic (exact) mass is 523 g/mol. The van der Waals surface area contributed by atoms with E-state index in [1.54, 1.807) is 38.2 Å². The minimum atomic E-state index is -4.33. The average molecular weight is 523 g/mol. The van der Waals surface area contributed by atoms with Gasteiger partial charge in [-0.1, -0.05) is 31.2 Å². The number of alkyl halides is 3. The summed E-state index contributed by atoms with van der Waals surface area (Å²) in [6.45, 7) is 0.907. The highest BCUT2D eigenvalue weighted by Crippen LogP contribution is 2.15. The van der Waals surface area contributed by atoms with Gasteiger partial charge >= 0.3 is 6.18 Å². The standard InChI is InChI=1S/C16H24F3N3O3S.HI/c1-3-26(23,24)9-8-21-15(20-2)22-10-13-4-6-14(7-5-13)11-25-12-16(17,18)19;/h4-7H,3,8-12H2,1-2H3,(H2,20,21,22);1H. The average Bonchev–Trinajstić information content (AvgIpc) is 2.58. The van der Waals surface area contributed by atoms with Crippen molar-refractivity contribution in [2.75, 3.05) is 31.7 Å². The van der Waals surface area contributed by atoms with Crippen LogP contribution in [0.4, 0.5) is 13.2 Å². The number of hydrogen-bond acceptors (Lipinski definition) is 4. The number of benzene rings is 1. The van der Waals surface area contributed by atoms with Crippen LogP contribution >= 0.6 is 24.0 Å². The molecule has 2 N–H and O–H groups in total. The Kier molecular flexibility index (Phi) is 11.9. The van der Waals surface area contributed by atoms with Crippen LogP contribution in [0.2, 0.25) is 0 Å². The Bertz CT molecular complexity index is 680. The molecular formula is C16H25F3IN3O3S. The summed E-state index contributed by atoms with van der Waals surface area (Å²) in [7, 11) is -1.47.